The third-order valence-corrected chi connectivity index (χ3v) is 3.83. The average Bonchev–Trinajstić information content (AvgIpc) is 2.45. The van der Waals surface area contributed by atoms with E-state index in [1.807, 2.05) is 18.7 Å². The Morgan fingerprint density at radius 2 is 2.05 bits per heavy atom. The molecule has 0 saturated carbocycles. The number of carbonyl (C=O) groups excluding carboxylic acids is 1. The molecule has 110 valence electrons. The van der Waals surface area contributed by atoms with Gasteiger partial charge in [-0.15, -0.1) is 0 Å². The molecular formula is C16H24N2O2. The number of nitrogens with one attached hydrogen (secondary N) is 1. The predicted octanol–water partition coefficient (Wildman–Crippen LogP) is 2.38. The second-order valence-corrected chi connectivity index (χ2v) is 5.74. The van der Waals surface area contributed by atoms with E-state index in [9.17, 15) is 9.90 Å². The highest BCUT2D eigenvalue weighted by Gasteiger charge is 2.23. The number of phenolic OH excluding ortho intramolecular Hbond substituents is 1. The molecule has 0 aromatic heterocycles. The van der Waals surface area contributed by atoms with E-state index >= 15 is 0 Å². The summed E-state index contributed by atoms with van der Waals surface area (Å²) in [5.74, 6) is 0.221. The van der Waals surface area contributed by atoms with Crippen LogP contribution in [0.4, 0.5) is 0 Å². The molecule has 0 bridgehead atoms. The van der Waals surface area contributed by atoms with E-state index in [0.29, 0.717) is 11.6 Å². The molecule has 0 radical (unpaired) electrons. The summed E-state index contributed by atoms with van der Waals surface area (Å²) in [6, 6.07) is 7.05. The first-order valence-electron chi connectivity index (χ1n) is 7.41. The highest BCUT2D eigenvalue weighted by Crippen LogP contribution is 2.16. The summed E-state index contributed by atoms with van der Waals surface area (Å²) in [6.45, 7) is 5.88. The van der Waals surface area contributed by atoms with Crippen LogP contribution in [0, 0.1) is 0 Å². The standard InChI is InChI=1S/C16H24N2O2/c1-12(2)18(11-14-5-3-4-10-17-14)16(20)13-6-8-15(19)9-7-13/h6-9,12,14,17,19H,3-5,10-11H2,1-2H3. The number of piperidine rings is 1. The molecule has 4 nitrogen and oxygen atoms in total. The van der Waals surface area contributed by atoms with E-state index < -0.39 is 0 Å². The molecule has 1 aliphatic rings. The minimum Gasteiger partial charge on any atom is -0.508 e. The van der Waals surface area contributed by atoms with Crippen LogP contribution in [-0.4, -0.2) is 41.1 Å². The van der Waals surface area contributed by atoms with Gasteiger partial charge in [0.05, 0.1) is 0 Å². The molecule has 1 aliphatic heterocycles. The number of carbonyl (C=O) groups is 1. The highest BCUT2D eigenvalue weighted by atomic mass is 16.3. The molecule has 2 N–H and O–H groups in total. The minimum atomic E-state index is 0.0346. The van der Waals surface area contributed by atoms with Gasteiger partial charge < -0.3 is 15.3 Å². The Hall–Kier alpha value is -1.55. The molecule has 1 aromatic carbocycles. The van der Waals surface area contributed by atoms with Crippen molar-refractivity contribution in [1.29, 1.82) is 0 Å². The summed E-state index contributed by atoms with van der Waals surface area (Å²) in [6.07, 6.45) is 3.59. The fraction of sp³-hybridized carbons (Fsp3) is 0.562. The van der Waals surface area contributed by atoms with Crippen molar-refractivity contribution in [2.24, 2.45) is 0 Å². The first-order chi connectivity index (χ1) is 9.58. The zero-order chi connectivity index (χ0) is 14.5. The fourth-order valence-electron chi connectivity index (χ4n) is 2.62. The molecule has 1 heterocycles. The van der Waals surface area contributed by atoms with Gasteiger partial charge in [-0.05, 0) is 57.5 Å². The maximum absolute atomic E-state index is 12.6. The molecule has 0 spiro atoms. The summed E-state index contributed by atoms with van der Waals surface area (Å²) >= 11 is 0. The van der Waals surface area contributed by atoms with Crippen molar-refractivity contribution in [3.8, 4) is 5.75 Å². The van der Waals surface area contributed by atoms with Gasteiger partial charge in [-0.3, -0.25) is 4.79 Å². The third kappa shape index (κ3) is 3.73. The Labute approximate surface area is 120 Å². The maximum Gasteiger partial charge on any atom is 0.254 e. The van der Waals surface area contributed by atoms with Crippen LogP contribution >= 0.6 is 0 Å². The van der Waals surface area contributed by atoms with Crippen LogP contribution in [0.15, 0.2) is 24.3 Å². The van der Waals surface area contributed by atoms with Crippen LogP contribution < -0.4 is 5.32 Å². The number of hydrogen-bond acceptors (Lipinski definition) is 3. The van der Waals surface area contributed by atoms with Crippen molar-refractivity contribution in [1.82, 2.24) is 10.2 Å². The van der Waals surface area contributed by atoms with Gasteiger partial charge in [0.1, 0.15) is 5.75 Å². The predicted molar refractivity (Wildman–Crippen MR) is 79.9 cm³/mol. The van der Waals surface area contributed by atoms with Crippen molar-refractivity contribution < 1.29 is 9.90 Å². The number of rotatable bonds is 4. The average molecular weight is 276 g/mol. The van der Waals surface area contributed by atoms with Crippen LogP contribution in [0.3, 0.4) is 0 Å². The van der Waals surface area contributed by atoms with E-state index in [-0.39, 0.29) is 17.7 Å². The SMILES string of the molecule is CC(C)N(CC1CCCCN1)C(=O)c1ccc(O)cc1. The Balaban J connectivity index is 2.07. The summed E-state index contributed by atoms with van der Waals surface area (Å²) in [7, 11) is 0. The Morgan fingerprint density at radius 3 is 2.60 bits per heavy atom. The second kappa shape index (κ2) is 6.75. The zero-order valence-corrected chi connectivity index (χ0v) is 12.3. The molecule has 1 fully saturated rings. The van der Waals surface area contributed by atoms with Crippen molar-refractivity contribution in [2.75, 3.05) is 13.1 Å². The number of amides is 1. The van der Waals surface area contributed by atoms with Crippen LogP contribution in [0.2, 0.25) is 0 Å². The number of benzene rings is 1. The third-order valence-electron chi connectivity index (χ3n) is 3.83. The molecule has 1 amide bonds. The lowest BCUT2D eigenvalue weighted by Gasteiger charge is -2.33. The van der Waals surface area contributed by atoms with Crippen LogP contribution in [0.1, 0.15) is 43.5 Å². The van der Waals surface area contributed by atoms with Crippen LogP contribution in [-0.2, 0) is 0 Å². The Morgan fingerprint density at radius 1 is 1.35 bits per heavy atom. The van der Waals surface area contributed by atoms with E-state index in [1.54, 1.807) is 24.3 Å². The highest BCUT2D eigenvalue weighted by molar-refractivity contribution is 5.94. The van der Waals surface area contributed by atoms with Gasteiger partial charge in [0.2, 0.25) is 0 Å². The number of hydrogen-bond donors (Lipinski definition) is 2. The Bertz CT molecular complexity index is 436. The molecule has 0 aliphatic carbocycles. The van der Waals surface area contributed by atoms with Gasteiger partial charge in [0.15, 0.2) is 0 Å². The number of nitrogens with zero attached hydrogens (tertiary/aromatic N) is 1. The van der Waals surface area contributed by atoms with Crippen molar-refractivity contribution >= 4 is 5.91 Å². The molecule has 20 heavy (non-hydrogen) atoms. The molecule has 1 saturated heterocycles. The summed E-state index contributed by atoms with van der Waals surface area (Å²) in [4.78, 5) is 14.5. The normalized spacial score (nSPS) is 19.1. The van der Waals surface area contributed by atoms with E-state index in [2.05, 4.69) is 5.32 Å². The van der Waals surface area contributed by atoms with Gasteiger partial charge in [0, 0.05) is 24.2 Å². The fourth-order valence-corrected chi connectivity index (χ4v) is 2.62. The van der Waals surface area contributed by atoms with E-state index in [4.69, 9.17) is 0 Å². The molecule has 1 aromatic rings. The summed E-state index contributed by atoms with van der Waals surface area (Å²) < 4.78 is 0. The van der Waals surface area contributed by atoms with E-state index in [0.717, 1.165) is 19.5 Å². The topological polar surface area (TPSA) is 52.6 Å². The minimum absolute atomic E-state index is 0.0346. The lowest BCUT2D eigenvalue weighted by atomic mass is 10.0. The molecule has 4 heteroatoms. The number of phenols is 1. The zero-order valence-electron chi connectivity index (χ0n) is 12.3. The number of aromatic hydroxyl groups is 1. The quantitative estimate of drug-likeness (QED) is 0.888. The lowest BCUT2D eigenvalue weighted by Crippen LogP contribution is -2.48. The van der Waals surface area contributed by atoms with Crippen molar-refractivity contribution in [3.63, 3.8) is 0 Å². The Kier molecular flexibility index (Phi) is 5.01. The molecular weight excluding hydrogens is 252 g/mol. The van der Waals surface area contributed by atoms with Crippen molar-refractivity contribution in [2.45, 2.75) is 45.2 Å². The van der Waals surface area contributed by atoms with Gasteiger partial charge in [-0.25, -0.2) is 0 Å². The van der Waals surface area contributed by atoms with Crippen LogP contribution in [0.25, 0.3) is 0 Å². The monoisotopic (exact) mass is 276 g/mol. The van der Waals surface area contributed by atoms with Gasteiger partial charge in [-0.1, -0.05) is 6.42 Å². The lowest BCUT2D eigenvalue weighted by molar-refractivity contribution is 0.0677. The largest absolute Gasteiger partial charge is 0.508 e. The molecule has 1 atom stereocenters. The summed E-state index contributed by atoms with van der Waals surface area (Å²) in [5, 5.41) is 12.8. The maximum atomic E-state index is 12.6. The second-order valence-electron chi connectivity index (χ2n) is 5.74. The van der Waals surface area contributed by atoms with Gasteiger partial charge >= 0.3 is 0 Å². The van der Waals surface area contributed by atoms with Gasteiger partial charge in [0.25, 0.3) is 5.91 Å². The van der Waals surface area contributed by atoms with E-state index in [1.165, 1.54) is 12.8 Å². The summed E-state index contributed by atoms with van der Waals surface area (Å²) in [5.41, 5.74) is 0.632. The van der Waals surface area contributed by atoms with Gasteiger partial charge in [-0.2, -0.15) is 0 Å². The molecule has 1 unspecified atom stereocenters. The van der Waals surface area contributed by atoms with Crippen LogP contribution in [0.5, 0.6) is 5.75 Å². The molecule has 2 rings (SSSR count). The van der Waals surface area contributed by atoms with Crippen molar-refractivity contribution in [3.05, 3.63) is 29.8 Å². The first kappa shape index (κ1) is 14.9. The smallest absolute Gasteiger partial charge is 0.254 e. The first-order valence-corrected chi connectivity index (χ1v) is 7.41.